The summed E-state index contributed by atoms with van der Waals surface area (Å²) in [5.41, 5.74) is 0.795. The topological polar surface area (TPSA) is 90.7 Å². The number of rotatable bonds is 6. The Morgan fingerprint density at radius 1 is 1.15 bits per heavy atom. The Kier molecular flexibility index (Phi) is 3.96. The van der Waals surface area contributed by atoms with Gasteiger partial charge in [-0.25, -0.2) is 18.1 Å². The van der Waals surface area contributed by atoms with Gasteiger partial charge < -0.3 is 13.9 Å². The van der Waals surface area contributed by atoms with Crippen LogP contribution in [0.3, 0.4) is 0 Å². The summed E-state index contributed by atoms with van der Waals surface area (Å²) in [5.74, 6) is 3.07. The van der Waals surface area contributed by atoms with E-state index < -0.39 is 10.0 Å². The molecule has 0 amide bonds. The predicted molar refractivity (Wildman–Crippen MR) is 98.4 cm³/mol. The van der Waals surface area contributed by atoms with E-state index in [1.807, 2.05) is 6.07 Å². The first-order valence-electron chi connectivity index (χ1n) is 8.53. The fourth-order valence-electron chi connectivity index (χ4n) is 2.82. The smallest absolute Gasteiger partial charge is 0.250 e. The van der Waals surface area contributed by atoms with Crippen LogP contribution in [0.4, 0.5) is 0 Å². The minimum Gasteiger partial charge on any atom is -0.454 e. The lowest BCUT2D eigenvalue weighted by atomic mass is 10.2. The van der Waals surface area contributed by atoms with Crippen LogP contribution in [0.25, 0.3) is 10.6 Å². The average Bonchev–Trinajstić information content (AvgIpc) is 3.09. The van der Waals surface area contributed by atoms with Crippen molar-refractivity contribution in [3.63, 3.8) is 0 Å². The number of benzene rings is 1. The number of nitrogens with zero attached hydrogens (tertiary/aromatic N) is 1. The molecule has 0 unspecified atom stereocenters. The highest BCUT2D eigenvalue weighted by molar-refractivity contribution is 7.91. The monoisotopic (exact) mass is 404 g/mol. The van der Waals surface area contributed by atoms with Crippen LogP contribution in [0.1, 0.15) is 30.2 Å². The third kappa shape index (κ3) is 3.33. The molecule has 1 aliphatic heterocycles. The van der Waals surface area contributed by atoms with Gasteiger partial charge in [0.25, 0.3) is 0 Å². The molecule has 0 saturated heterocycles. The normalized spacial score (nSPS) is 16.0. The molecule has 1 aromatic carbocycles. The van der Waals surface area contributed by atoms with Gasteiger partial charge in [0.1, 0.15) is 4.21 Å². The Bertz CT molecular complexity index is 1100. The number of aromatic nitrogens is 1. The van der Waals surface area contributed by atoms with Crippen molar-refractivity contribution in [2.75, 3.05) is 6.79 Å². The minimum absolute atomic E-state index is 0.167. The van der Waals surface area contributed by atoms with Crippen LogP contribution < -0.4 is 14.2 Å². The molecule has 27 heavy (non-hydrogen) atoms. The molecular weight excluding hydrogens is 388 g/mol. The van der Waals surface area contributed by atoms with E-state index in [0.29, 0.717) is 23.2 Å². The molecule has 140 valence electrons. The molecule has 1 saturated carbocycles. The van der Waals surface area contributed by atoms with Crippen molar-refractivity contribution < 1.29 is 22.3 Å². The van der Waals surface area contributed by atoms with Crippen molar-refractivity contribution in [3.8, 4) is 22.1 Å². The zero-order chi connectivity index (χ0) is 18.4. The van der Waals surface area contributed by atoms with Crippen LogP contribution in [0.15, 0.2) is 45.2 Å². The van der Waals surface area contributed by atoms with Gasteiger partial charge in [-0.3, -0.25) is 0 Å². The lowest BCUT2D eigenvalue weighted by molar-refractivity contribution is 0.174. The number of ether oxygens (including phenoxy) is 2. The Balaban J connectivity index is 1.30. The first-order chi connectivity index (χ1) is 13.1. The van der Waals surface area contributed by atoms with Crippen LogP contribution in [-0.2, 0) is 16.6 Å². The fourth-order valence-corrected chi connectivity index (χ4v) is 5.13. The highest BCUT2D eigenvalue weighted by Gasteiger charge is 2.29. The second-order valence-corrected chi connectivity index (χ2v) is 9.55. The first-order valence-corrected chi connectivity index (χ1v) is 10.8. The maximum atomic E-state index is 12.6. The molecule has 7 nitrogen and oxygen atoms in total. The molecule has 3 heterocycles. The molecular formula is C18H16N2O5S2. The van der Waals surface area contributed by atoms with Gasteiger partial charge in [-0.05, 0) is 42.7 Å². The van der Waals surface area contributed by atoms with Gasteiger partial charge in [0.05, 0.1) is 11.1 Å². The highest BCUT2D eigenvalue weighted by atomic mass is 32.2. The van der Waals surface area contributed by atoms with Crippen LogP contribution in [-0.4, -0.2) is 20.2 Å². The number of nitrogens with one attached hydrogen (secondary N) is 1. The van der Waals surface area contributed by atoms with E-state index in [1.165, 1.54) is 0 Å². The standard InChI is InChI=1S/C18H16N2O5S2/c21-27(22,20-8-11-1-4-13-14(7-11)24-10-23-13)17-6-5-16(26-17)15-9-19-18(25-15)12-2-3-12/h1,4-7,9,12,20H,2-3,8,10H2. The quantitative estimate of drug-likeness (QED) is 0.676. The van der Waals surface area contributed by atoms with Crippen molar-refractivity contribution >= 4 is 21.4 Å². The van der Waals surface area contributed by atoms with E-state index in [9.17, 15) is 8.42 Å². The minimum atomic E-state index is -3.62. The van der Waals surface area contributed by atoms with Gasteiger partial charge in [-0.15, -0.1) is 11.3 Å². The number of thiophene rings is 1. The largest absolute Gasteiger partial charge is 0.454 e. The maximum Gasteiger partial charge on any atom is 0.250 e. The second kappa shape index (κ2) is 6.36. The molecule has 2 aliphatic rings. The van der Waals surface area contributed by atoms with Crippen LogP contribution in [0, 0.1) is 0 Å². The summed E-state index contributed by atoms with van der Waals surface area (Å²) in [6.45, 7) is 0.354. The molecule has 0 bridgehead atoms. The Morgan fingerprint density at radius 3 is 2.85 bits per heavy atom. The molecule has 0 radical (unpaired) electrons. The second-order valence-electron chi connectivity index (χ2n) is 6.47. The van der Waals surface area contributed by atoms with Gasteiger partial charge in [-0.1, -0.05) is 6.07 Å². The zero-order valence-corrected chi connectivity index (χ0v) is 15.8. The molecule has 5 rings (SSSR count). The fraction of sp³-hybridized carbons (Fsp3) is 0.278. The average molecular weight is 404 g/mol. The molecule has 1 fully saturated rings. The summed E-state index contributed by atoms with van der Waals surface area (Å²) in [5, 5.41) is 0. The SMILES string of the molecule is O=S(=O)(NCc1ccc2c(c1)OCO2)c1ccc(-c2cnc(C3CC3)o2)s1. The Morgan fingerprint density at radius 2 is 2.00 bits per heavy atom. The first kappa shape index (κ1) is 16.8. The van der Waals surface area contributed by atoms with Crippen LogP contribution >= 0.6 is 11.3 Å². The lowest BCUT2D eigenvalue weighted by Gasteiger charge is -2.06. The van der Waals surface area contributed by atoms with Gasteiger partial charge in [0, 0.05) is 12.5 Å². The molecule has 0 atom stereocenters. The van der Waals surface area contributed by atoms with E-state index >= 15 is 0 Å². The van der Waals surface area contributed by atoms with E-state index in [0.717, 1.165) is 40.5 Å². The van der Waals surface area contributed by atoms with Crippen molar-refractivity contribution in [3.05, 3.63) is 48.0 Å². The summed E-state index contributed by atoms with van der Waals surface area (Å²) < 4.78 is 44.4. The molecule has 3 aromatic rings. The number of hydrogen-bond acceptors (Lipinski definition) is 7. The number of oxazole rings is 1. The van der Waals surface area contributed by atoms with Gasteiger partial charge >= 0.3 is 0 Å². The van der Waals surface area contributed by atoms with Crippen LogP contribution in [0.5, 0.6) is 11.5 Å². The zero-order valence-electron chi connectivity index (χ0n) is 14.2. The molecule has 2 aromatic heterocycles. The van der Waals surface area contributed by atoms with E-state index in [1.54, 1.807) is 30.5 Å². The van der Waals surface area contributed by atoms with Crippen molar-refractivity contribution in [2.45, 2.75) is 29.5 Å². The molecule has 9 heteroatoms. The van der Waals surface area contributed by atoms with Gasteiger partial charge in [0.15, 0.2) is 23.1 Å². The van der Waals surface area contributed by atoms with Gasteiger partial charge in [-0.2, -0.15) is 0 Å². The lowest BCUT2D eigenvalue weighted by Crippen LogP contribution is -2.22. The van der Waals surface area contributed by atoms with Crippen LogP contribution in [0.2, 0.25) is 0 Å². The number of sulfonamides is 1. The van der Waals surface area contributed by atoms with Crippen molar-refractivity contribution in [1.29, 1.82) is 0 Å². The highest BCUT2D eigenvalue weighted by Crippen LogP contribution is 2.41. The summed E-state index contributed by atoms with van der Waals surface area (Å²) in [7, 11) is -3.62. The van der Waals surface area contributed by atoms with Gasteiger partial charge in [0.2, 0.25) is 16.8 Å². The molecule has 0 spiro atoms. The number of fused-ring (bicyclic) bond motifs is 1. The summed E-state index contributed by atoms with van der Waals surface area (Å²) >= 11 is 1.16. The summed E-state index contributed by atoms with van der Waals surface area (Å²) in [6.07, 6.45) is 3.87. The summed E-state index contributed by atoms with van der Waals surface area (Å²) in [6, 6.07) is 8.69. The Hall–Kier alpha value is -2.36. The Labute approximate surface area is 160 Å². The maximum absolute atomic E-state index is 12.6. The summed E-state index contributed by atoms with van der Waals surface area (Å²) in [4.78, 5) is 5.03. The van der Waals surface area contributed by atoms with Crippen molar-refractivity contribution in [2.24, 2.45) is 0 Å². The van der Waals surface area contributed by atoms with E-state index in [2.05, 4.69) is 9.71 Å². The van der Waals surface area contributed by atoms with E-state index in [-0.39, 0.29) is 17.5 Å². The predicted octanol–water partition coefficient (Wildman–Crippen LogP) is 3.49. The number of hydrogen-bond donors (Lipinski definition) is 1. The third-order valence-electron chi connectivity index (χ3n) is 4.44. The molecule has 1 N–H and O–H groups in total. The van der Waals surface area contributed by atoms with Crippen molar-refractivity contribution in [1.82, 2.24) is 9.71 Å². The van der Waals surface area contributed by atoms with E-state index in [4.69, 9.17) is 13.9 Å². The third-order valence-corrected chi connectivity index (χ3v) is 7.44. The molecule has 1 aliphatic carbocycles.